The first-order valence-electron chi connectivity index (χ1n) is 4.83. The van der Waals surface area contributed by atoms with Crippen LogP contribution in [0.5, 0.6) is 0 Å². The van der Waals surface area contributed by atoms with Crippen LogP contribution >= 0.6 is 0 Å². The highest BCUT2D eigenvalue weighted by atomic mass is 16.4. The summed E-state index contributed by atoms with van der Waals surface area (Å²) >= 11 is 0. The van der Waals surface area contributed by atoms with Crippen molar-refractivity contribution >= 4 is 17.9 Å². The van der Waals surface area contributed by atoms with Crippen LogP contribution in [-0.2, 0) is 9.59 Å². The maximum atomic E-state index is 11.4. The first-order chi connectivity index (χ1) is 7.38. The topological polar surface area (TPSA) is 98.7 Å². The Labute approximate surface area is 93.8 Å². The summed E-state index contributed by atoms with van der Waals surface area (Å²) in [5.41, 5.74) is 0. The molecule has 0 saturated carbocycles. The van der Waals surface area contributed by atoms with Crippen LogP contribution in [0.15, 0.2) is 0 Å². The van der Waals surface area contributed by atoms with Crippen molar-refractivity contribution in [2.75, 3.05) is 20.6 Å². The third-order valence-corrected chi connectivity index (χ3v) is 2.01. The predicted octanol–water partition coefficient (Wildman–Crippen LogP) is -0.763. The lowest BCUT2D eigenvalue weighted by molar-refractivity contribution is -0.138. The molecule has 0 aliphatic heterocycles. The fourth-order valence-electron chi connectivity index (χ4n) is 0.853. The molecule has 0 bridgehead atoms. The second kappa shape index (κ2) is 6.65. The molecule has 16 heavy (non-hydrogen) atoms. The van der Waals surface area contributed by atoms with Gasteiger partial charge in [-0.25, -0.2) is 4.79 Å². The molecule has 0 aliphatic carbocycles. The number of urea groups is 1. The Morgan fingerprint density at radius 1 is 1.38 bits per heavy atom. The number of rotatable bonds is 5. The SMILES string of the molecule is CNC(=O)CCN(C)C(=O)N[C@@H](C)C(=O)O. The van der Waals surface area contributed by atoms with E-state index in [1.165, 1.54) is 25.9 Å². The monoisotopic (exact) mass is 231 g/mol. The van der Waals surface area contributed by atoms with Crippen molar-refractivity contribution < 1.29 is 19.5 Å². The Bertz CT molecular complexity index is 280. The average molecular weight is 231 g/mol. The van der Waals surface area contributed by atoms with Crippen molar-refractivity contribution in [1.82, 2.24) is 15.5 Å². The van der Waals surface area contributed by atoms with Gasteiger partial charge in [0, 0.05) is 27.1 Å². The van der Waals surface area contributed by atoms with Crippen molar-refractivity contribution in [2.45, 2.75) is 19.4 Å². The third kappa shape index (κ3) is 5.18. The molecule has 7 heteroatoms. The van der Waals surface area contributed by atoms with Crippen molar-refractivity contribution in [3.63, 3.8) is 0 Å². The van der Waals surface area contributed by atoms with Gasteiger partial charge in [-0.15, -0.1) is 0 Å². The molecule has 3 N–H and O–H groups in total. The number of nitrogens with one attached hydrogen (secondary N) is 2. The average Bonchev–Trinajstić information content (AvgIpc) is 2.24. The molecule has 0 aromatic heterocycles. The number of aliphatic carboxylic acids is 1. The number of carboxylic acids is 1. The minimum absolute atomic E-state index is 0.175. The van der Waals surface area contributed by atoms with Gasteiger partial charge in [-0.2, -0.15) is 0 Å². The van der Waals surface area contributed by atoms with Gasteiger partial charge < -0.3 is 20.6 Å². The van der Waals surface area contributed by atoms with E-state index in [1.807, 2.05) is 0 Å². The second-order valence-corrected chi connectivity index (χ2v) is 3.35. The van der Waals surface area contributed by atoms with Crippen molar-refractivity contribution in [3.8, 4) is 0 Å². The molecule has 0 fully saturated rings. The van der Waals surface area contributed by atoms with Gasteiger partial charge in [-0.3, -0.25) is 9.59 Å². The van der Waals surface area contributed by atoms with Crippen LogP contribution in [0.3, 0.4) is 0 Å². The minimum atomic E-state index is -1.10. The minimum Gasteiger partial charge on any atom is -0.480 e. The van der Waals surface area contributed by atoms with Gasteiger partial charge in [0.15, 0.2) is 0 Å². The number of hydrogen-bond acceptors (Lipinski definition) is 3. The Balaban J connectivity index is 3.99. The van der Waals surface area contributed by atoms with Gasteiger partial charge in [0.05, 0.1) is 0 Å². The zero-order valence-electron chi connectivity index (χ0n) is 9.61. The summed E-state index contributed by atoms with van der Waals surface area (Å²) in [4.78, 5) is 34.0. The summed E-state index contributed by atoms with van der Waals surface area (Å²) in [7, 11) is 3.00. The van der Waals surface area contributed by atoms with Crippen molar-refractivity contribution in [2.24, 2.45) is 0 Å². The highest BCUT2D eigenvalue weighted by Crippen LogP contribution is 1.91. The molecule has 0 unspecified atom stereocenters. The van der Waals surface area contributed by atoms with E-state index in [2.05, 4.69) is 10.6 Å². The quantitative estimate of drug-likeness (QED) is 0.579. The van der Waals surface area contributed by atoms with E-state index < -0.39 is 18.0 Å². The van der Waals surface area contributed by atoms with Crippen LogP contribution < -0.4 is 10.6 Å². The summed E-state index contributed by atoms with van der Waals surface area (Å²) in [6, 6.07) is -1.46. The van der Waals surface area contributed by atoms with E-state index in [9.17, 15) is 14.4 Å². The first-order valence-corrected chi connectivity index (χ1v) is 4.83. The van der Waals surface area contributed by atoms with Crippen LogP contribution in [0.25, 0.3) is 0 Å². The van der Waals surface area contributed by atoms with Crippen molar-refractivity contribution in [1.29, 1.82) is 0 Å². The maximum Gasteiger partial charge on any atom is 0.325 e. The molecule has 0 aliphatic rings. The summed E-state index contributed by atoms with van der Waals surface area (Å²) in [5.74, 6) is -1.28. The summed E-state index contributed by atoms with van der Waals surface area (Å²) in [5, 5.41) is 13.3. The van der Waals surface area contributed by atoms with E-state index >= 15 is 0 Å². The lowest BCUT2D eigenvalue weighted by Gasteiger charge is -2.19. The Hall–Kier alpha value is -1.79. The van der Waals surface area contributed by atoms with E-state index in [0.717, 1.165) is 0 Å². The highest BCUT2D eigenvalue weighted by molar-refractivity contribution is 5.82. The molecule has 1 atom stereocenters. The van der Waals surface area contributed by atoms with E-state index in [1.54, 1.807) is 0 Å². The molecule has 0 rings (SSSR count). The smallest absolute Gasteiger partial charge is 0.325 e. The van der Waals surface area contributed by atoms with E-state index in [4.69, 9.17) is 5.11 Å². The molecule has 7 nitrogen and oxygen atoms in total. The molecule has 3 amide bonds. The van der Waals surface area contributed by atoms with Gasteiger partial charge in [0.2, 0.25) is 5.91 Å². The van der Waals surface area contributed by atoms with Gasteiger partial charge in [0.25, 0.3) is 0 Å². The largest absolute Gasteiger partial charge is 0.480 e. The zero-order valence-corrected chi connectivity index (χ0v) is 9.61. The molecule has 92 valence electrons. The lowest BCUT2D eigenvalue weighted by Crippen LogP contribution is -2.45. The number of carbonyl (C=O) groups is 3. The number of carbonyl (C=O) groups excluding carboxylic acids is 2. The number of amides is 3. The van der Waals surface area contributed by atoms with Gasteiger partial charge in [-0.1, -0.05) is 0 Å². The standard InChI is InChI=1S/C9H17N3O4/c1-6(8(14)15)11-9(16)12(3)5-4-7(13)10-2/h6H,4-5H2,1-3H3,(H,10,13)(H,11,16)(H,14,15)/t6-/m0/s1. The molecule has 0 heterocycles. The molecule has 0 aromatic carbocycles. The summed E-state index contributed by atoms with van der Waals surface area (Å²) in [6.45, 7) is 1.60. The molecule has 0 spiro atoms. The molecule has 0 aromatic rings. The van der Waals surface area contributed by atoms with Crippen LogP contribution in [0.1, 0.15) is 13.3 Å². The number of hydrogen-bond donors (Lipinski definition) is 3. The molecular formula is C9H17N3O4. The Morgan fingerprint density at radius 3 is 2.38 bits per heavy atom. The Morgan fingerprint density at radius 2 is 1.94 bits per heavy atom. The van der Waals surface area contributed by atoms with Gasteiger partial charge in [-0.05, 0) is 6.92 Å². The fraction of sp³-hybridized carbons (Fsp3) is 0.667. The predicted molar refractivity (Wildman–Crippen MR) is 56.9 cm³/mol. The van der Waals surface area contributed by atoms with Crippen LogP contribution in [0.2, 0.25) is 0 Å². The summed E-state index contributed by atoms with van der Waals surface area (Å²) in [6.07, 6.45) is 0.182. The highest BCUT2D eigenvalue weighted by Gasteiger charge is 2.16. The van der Waals surface area contributed by atoms with Crippen LogP contribution in [-0.4, -0.2) is 54.6 Å². The molecule has 0 radical (unpaired) electrons. The second-order valence-electron chi connectivity index (χ2n) is 3.35. The van der Waals surface area contributed by atoms with E-state index in [-0.39, 0.29) is 18.9 Å². The Kier molecular flexibility index (Phi) is 5.91. The first kappa shape index (κ1) is 14.2. The number of carboxylic acid groups (broad SMARTS) is 1. The molecular weight excluding hydrogens is 214 g/mol. The third-order valence-electron chi connectivity index (χ3n) is 2.01. The lowest BCUT2D eigenvalue weighted by atomic mass is 10.3. The van der Waals surface area contributed by atoms with Crippen LogP contribution in [0.4, 0.5) is 4.79 Å². The summed E-state index contributed by atoms with van der Waals surface area (Å²) < 4.78 is 0. The zero-order chi connectivity index (χ0) is 12.7. The van der Waals surface area contributed by atoms with Gasteiger partial charge >= 0.3 is 12.0 Å². The van der Waals surface area contributed by atoms with Crippen LogP contribution in [0, 0.1) is 0 Å². The molecule has 0 saturated heterocycles. The van der Waals surface area contributed by atoms with Crippen molar-refractivity contribution in [3.05, 3.63) is 0 Å². The fourth-order valence-corrected chi connectivity index (χ4v) is 0.853. The van der Waals surface area contributed by atoms with E-state index in [0.29, 0.717) is 0 Å². The normalized spacial score (nSPS) is 11.4. The number of nitrogens with zero attached hydrogens (tertiary/aromatic N) is 1. The van der Waals surface area contributed by atoms with Gasteiger partial charge in [0.1, 0.15) is 6.04 Å². The maximum absolute atomic E-state index is 11.4.